The van der Waals surface area contributed by atoms with Crippen molar-refractivity contribution in [1.29, 1.82) is 0 Å². The molecule has 3 aliphatic rings. The third-order valence-corrected chi connectivity index (χ3v) is 8.45. The van der Waals surface area contributed by atoms with Crippen LogP contribution in [0.4, 0.5) is 5.69 Å². The number of ether oxygens (including phenoxy) is 1. The van der Waals surface area contributed by atoms with E-state index >= 15 is 0 Å². The number of benzene rings is 1. The minimum atomic E-state index is -0.665. The summed E-state index contributed by atoms with van der Waals surface area (Å²) in [6, 6.07) is 9.11. The summed E-state index contributed by atoms with van der Waals surface area (Å²) in [5.74, 6) is -0.144. The van der Waals surface area contributed by atoms with E-state index in [1.54, 1.807) is 17.1 Å². The van der Waals surface area contributed by atoms with E-state index in [2.05, 4.69) is 38.1 Å². The van der Waals surface area contributed by atoms with Crippen LogP contribution in [0.5, 0.6) is 0 Å². The number of amides is 3. The molecule has 10 heteroatoms. The first-order chi connectivity index (χ1) is 19.4. The van der Waals surface area contributed by atoms with Gasteiger partial charge in [-0.25, -0.2) is 0 Å². The molecule has 5 rings (SSSR count). The lowest BCUT2D eigenvalue weighted by Crippen LogP contribution is -2.58. The van der Waals surface area contributed by atoms with Gasteiger partial charge in [-0.1, -0.05) is 42.5 Å². The quantitative estimate of drug-likeness (QED) is 0.493. The van der Waals surface area contributed by atoms with Crippen molar-refractivity contribution < 1.29 is 19.1 Å². The molecule has 0 saturated carbocycles. The van der Waals surface area contributed by atoms with Gasteiger partial charge in [0, 0.05) is 52.0 Å². The Kier molecular flexibility index (Phi) is 8.96. The average Bonchev–Trinajstić information content (AvgIpc) is 3.36. The lowest BCUT2D eigenvalue weighted by molar-refractivity contribution is -0.140. The van der Waals surface area contributed by atoms with Gasteiger partial charge in [0.2, 0.25) is 17.7 Å². The summed E-state index contributed by atoms with van der Waals surface area (Å²) in [7, 11) is 1.81. The fraction of sp³-hybridized carbons (Fsp3) is 0.533. The smallest absolute Gasteiger partial charge is 0.243 e. The molecular formula is C30H40N6O4. The summed E-state index contributed by atoms with van der Waals surface area (Å²) < 4.78 is 7.24. The zero-order valence-corrected chi connectivity index (χ0v) is 23.2. The molecule has 214 valence electrons. The topological polar surface area (TPSA) is 118 Å². The zero-order valence-electron chi connectivity index (χ0n) is 23.2. The van der Waals surface area contributed by atoms with Crippen molar-refractivity contribution in [1.82, 2.24) is 25.3 Å². The number of allylic oxidation sites excluding steroid dienone is 2. The molecule has 3 aliphatic heterocycles. The molecule has 0 bridgehead atoms. The van der Waals surface area contributed by atoms with E-state index in [0.717, 1.165) is 18.4 Å². The van der Waals surface area contributed by atoms with Crippen LogP contribution in [0.3, 0.4) is 0 Å². The minimum Gasteiger partial charge on any atom is -0.381 e. The van der Waals surface area contributed by atoms with Gasteiger partial charge < -0.3 is 20.7 Å². The lowest BCUT2D eigenvalue weighted by Gasteiger charge is -2.40. The third-order valence-electron chi connectivity index (χ3n) is 8.45. The van der Waals surface area contributed by atoms with Gasteiger partial charge in [0.1, 0.15) is 6.04 Å². The van der Waals surface area contributed by atoms with E-state index in [1.165, 1.54) is 0 Å². The van der Waals surface area contributed by atoms with Crippen molar-refractivity contribution in [2.24, 2.45) is 18.4 Å². The molecule has 1 aromatic heterocycles. The fourth-order valence-electron chi connectivity index (χ4n) is 6.09. The molecule has 3 N–H and O–H groups in total. The highest BCUT2D eigenvalue weighted by Crippen LogP contribution is 2.36. The van der Waals surface area contributed by atoms with E-state index in [4.69, 9.17) is 4.74 Å². The fourth-order valence-corrected chi connectivity index (χ4v) is 6.09. The molecule has 0 aliphatic carbocycles. The second-order valence-electron chi connectivity index (χ2n) is 11.4. The molecule has 0 radical (unpaired) electrons. The predicted octanol–water partition coefficient (Wildman–Crippen LogP) is 2.04. The number of likely N-dealkylation sites (tertiary alicyclic amines) is 1. The first kappa shape index (κ1) is 28.0. The van der Waals surface area contributed by atoms with E-state index in [-0.39, 0.29) is 36.2 Å². The lowest BCUT2D eigenvalue weighted by atomic mass is 9.75. The first-order valence-corrected chi connectivity index (χ1v) is 14.3. The Hall–Kier alpha value is -3.50. The minimum absolute atomic E-state index is 0.0403. The molecule has 4 heterocycles. The van der Waals surface area contributed by atoms with Crippen molar-refractivity contribution in [3.63, 3.8) is 0 Å². The highest BCUT2D eigenvalue weighted by molar-refractivity contribution is 5.92. The van der Waals surface area contributed by atoms with Gasteiger partial charge in [-0.15, -0.1) is 0 Å². The number of nitrogens with zero attached hydrogens (tertiary/aromatic N) is 3. The van der Waals surface area contributed by atoms with Crippen LogP contribution >= 0.6 is 0 Å². The van der Waals surface area contributed by atoms with Crippen molar-refractivity contribution in [2.75, 3.05) is 38.2 Å². The molecule has 2 aromatic rings. The standard InChI is InChI=1S/C30H40N6O4/c1-35-20-24(18-31-35)32-27(37)21-36-14-10-25-23(19-36)9-5-6-11-30(12-15-40-16-13-30)29(39)34-26(28(38)33-25)17-22-7-3-2-4-8-22/h2-8,18,20,23,25-26H,9-17,19,21H2,1H3,(H,32,37)(H,33,38)(H,34,39)/t23-,25+,26-/m1/s1. The monoisotopic (exact) mass is 548 g/mol. The highest BCUT2D eigenvalue weighted by Gasteiger charge is 2.41. The van der Waals surface area contributed by atoms with Gasteiger partial charge in [0.15, 0.2) is 0 Å². The number of aromatic nitrogens is 2. The maximum absolute atomic E-state index is 13.7. The number of hydrogen-bond donors (Lipinski definition) is 3. The molecule has 40 heavy (non-hydrogen) atoms. The second kappa shape index (κ2) is 12.8. The summed E-state index contributed by atoms with van der Waals surface area (Å²) >= 11 is 0. The van der Waals surface area contributed by atoms with Gasteiger partial charge in [-0.3, -0.25) is 24.0 Å². The van der Waals surface area contributed by atoms with Crippen molar-refractivity contribution >= 4 is 23.4 Å². The summed E-state index contributed by atoms with van der Waals surface area (Å²) in [5, 5.41) is 13.4. The normalized spacial score (nSPS) is 25.7. The highest BCUT2D eigenvalue weighted by atomic mass is 16.5. The molecule has 2 saturated heterocycles. The Morgan fingerprint density at radius 3 is 2.70 bits per heavy atom. The molecule has 10 nitrogen and oxygen atoms in total. The number of carbonyl (C=O) groups excluding carboxylic acids is 3. The molecule has 2 fully saturated rings. The maximum Gasteiger partial charge on any atom is 0.243 e. The second-order valence-corrected chi connectivity index (χ2v) is 11.4. The van der Waals surface area contributed by atoms with E-state index in [9.17, 15) is 14.4 Å². The Labute approximate surface area is 235 Å². The maximum atomic E-state index is 13.7. The summed E-state index contributed by atoms with van der Waals surface area (Å²) in [6.45, 7) is 2.76. The van der Waals surface area contributed by atoms with Crippen LogP contribution in [0.2, 0.25) is 0 Å². The number of hydrogen-bond acceptors (Lipinski definition) is 6. The third kappa shape index (κ3) is 6.98. The molecule has 1 aromatic carbocycles. The molecule has 3 amide bonds. The van der Waals surface area contributed by atoms with Gasteiger partial charge in [0.25, 0.3) is 0 Å². The van der Waals surface area contributed by atoms with Gasteiger partial charge >= 0.3 is 0 Å². The number of anilines is 1. The average molecular weight is 549 g/mol. The van der Waals surface area contributed by atoms with Gasteiger partial charge in [-0.05, 0) is 43.6 Å². The Bertz CT molecular complexity index is 1210. The van der Waals surface area contributed by atoms with Crippen LogP contribution in [-0.2, 0) is 32.6 Å². The number of nitrogens with one attached hydrogen (secondary N) is 3. The number of fused-ring (bicyclic) bond motifs is 1. The Morgan fingerprint density at radius 1 is 1.15 bits per heavy atom. The molecule has 1 spiro atoms. The summed E-state index contributed by atoms with van der Waals surface area (Å²) in [4.78, 5) is 42.3. The first-order valence-electron chi connectivity index (χ1n) is 14.3. The number of piperidine rings is 1. The van der Waals surface area contributed by atoms with E-state index < -0.39 is 11.5 Å². The summed E-state index contributed by atoms with van der Waals surface area (Å²) in [5.41, 5.74) is 1.10. The van der Waals surface area contributed by atoms with Crippen LogP contribution in [0, 0.1) is 11.3 Å². The summed E-state index contributed by atoms with van der Waals surface area (Å²) in [6.07, 6.45) is 11.5. The number of rotatable bonds is 5. The SMILES string of the molecule is Cn1cc(NC(=O)CN2CC[C@@H]3NC(=O)[C@@H](Cc4ccccc4)NC(=O)C4(CC=CC[C@@H]3C2)CCOCC4)cn1. The molecule has 0 unspecified atom stereocenters. The van der Waals surface area contributed by atoms with Crippen LogP contribution in [0.25, 0.3) is 0 Å². The molecule has 3 atom stereocenters. The van der Waals surface area contributed by atoms with Crippen LogP contribution in [-0.4, -0.2) is 77.3 Å². The Morgan fingerprint density at radius 2 is 1.95 bits per heavy atom. The zero-order chi connectivity index (χ0) is 28.0. The van der Waals surface area contributed by atoms with E-state index in [1.807, 2.05) is 37.4 Å². The molecular weight excluding hydrogens is 508 g/mol. The van der Waals surface area contributed by atoms with Gasteiger partial charge in [-0.2, -0.15) is 5.10 Å². The van der Waals surface area contributed by atoms with Gasteiger partial charge in [0.05, 0.1) is 23.8 Å². The Balaban J connectivity index is 1.32. The van der Waals surface area contributed by atoms with Crippen LogP contribution in [0.15, 0.2) is 54.9 Å². The van der Waals surface area contributed by atoms with Crippen molar-refractivity contribution in [2.45, 2.75) is 50.6 Å². The van der Waals surface area contributed by atoms with E-state index in [0.29, 0.717) is 57.7 Å². The number of aryl methyl sites for hydroxylation is 1. The van der Waals surface area contributed by atoms with Crippen molar-refractivity contribution in [3.8, 4) is 0 Å². The van der Waals surface area contributed by atoms with Crippen LogP contribution in [0.1, 0.15) is 37.7 Å². The predicted molar refractivity (Wildman–Crippen MR) is 151 cm³/mol. The largest absolute Gasteiger partial charge is 0.381 e. The van der Waals surface area contributed by atoms with Crippen molar-refractivity contribution in [3.05, 3.63) is 60.4 Å². The number of carbonyl (C=O) groups is 3. The van der Waals surface area contributed by atoms with Crippen LogP contribution < -0.4 is 16.0 Å².